The fourth-order valence-corrected chi connectivity index (χ4v) is 2.37. The van der Waals surface area contributed by atoms with Crippen LogP contribution < -0.4 is 0 Å². The summed E-state index contributed by atoms with van der Waals surface area (Å²) in [7, 11) is 0. The summed E-state index contributed by atoms with van der Waals surface area (Å²) in [6.07, 6.45) is 1.04. The lowest BCUT2D eigenvalue weighted by molar-refractivity contribution is 0.0697. The van der Waals surface area contributed by atoms with Gasteiger partial charge in [0.05, 0.1) is 10.6 Å². The molecule has 0 amide bonds. The third-order valence-corrected chi connectivity index (χ3v) is 3.46. The van der Waals surface area contributed by atoms with Crippen LogP contribution in [0.3, 0.4) is 0 Å². The van der Waals surface area contributed by atoms with Gasteiger partial charge >= 0.3 is 5.97 Å². The summed E-state index contributed by atoms with van der Waals surface area (Å²) in [6, 6.07) is 13.3. The first-order chi connectivity index (χ1) is 9.47. The Balaban J connectivity index is 2.32. The van der Waals surface area contributed by atoms with E-state index in [-0.39, 0.29) is 10.6 Å². The van der Waals surface area contributed by atoms with Crippen LogP contribution in [0.2, 0.25) is 5.02 Å². The van der Waals surface area contributed by atoms with Crippen molar-refractivity contribution in [2.24, 2.45) is 5.92 Å². The molecule has 0 aliphatic carbocycles. The van der Waals surface area contributed by atoms with Crippen LogP contribution in [0.4, 0.5) is 0 Å². The molecule has 0 saturated heterocycles. The number of carbonyl (C=O) groups is 1. The van der Waals surface area contributed by atoms with E-state index in [1.807, 2.05) is 18.2 Å². The normalized spacial score (nSPS) is 10.8. The summed E-state index contributed by atoms with van der Waals surface area (Å²) in [4.78, 5) is 11.1. The molecule has 2 aromatic carbocycles. The highest BCUT2D eigenvalue weighted by Gasteiger charge is 2.10. The van der Waals surface area contributed by atoms with Crippen molar-refractivity contribution in [3.8, 4) is 11.1 Å². The first kappa shape index (κ1) is 14.6. The molecule has 2 rings (SSSR count). The Bertz CT molecular complexity index is 615. The molecule has 20 heavy (non-hydrogen) atoms. The van der Waals surface area contributed by atoms with Gasteiger partial charge < -0.3 is 5.11 Å². The maximum Gasteiger partial charge on any atom is 0.337 e. The van der Waals surface area contributed by atoms with Gasteiger partial charge in [-0.15, -0.1) is 0 Å². The van der Waals surface area contributed by atoms with Crippen LogP contribution in [0, 0.1) is 5.92 Å². The molecular weight excluding hydrogens is 272 g/mol. The molecule has 2 nitrogen and oxygen atoms in total. The van der Waals surface area contributed by atoms with Gasteiger partial charge in [0.25, 0.3) is 0 Å². The highest BCUT2D eigenvalue weighted by molar-refractivity contribution is 6.33. The lowest BCUT2D eigenvalue weighted by atomic mass is 9.98. The Morgan fingerprint density at radius 3 is 2.25 bits per heavy atom. The Labute approximate surface area is 124 Å². The number of rotatable bonds is 4. The molecule has 2 aromatic rings. The number of hydrogen-bond donors (Lipinski definition) is 1. The first-order valence-corrected chi connectivity index (χ1v) is 6.97. The van der Waals surface area contributed by atoms with E-state index in [1.54, 1.807) is 12.1 Å². The third kappa shape index (κ3) is 3.40. The molecule has 3 heteroatoms. The lowest BCUT2D eigenvalue weighted by Gasteiger charge is -2.08. The summed E-state index contributed by atoms with van der Waals surface area (Å²) in [5, 5.41) is 9.36. The van der Waals surface area contributed by atoms with E-state index >= 15 is 0 Å². The maximum absolute atomic E-state index is 11.1. The summed E-state index contributed by atoms with van der Waals surface area (Å²) in [5.41, 5.74) is 3.28. The van der Waals surface area contributed by atoms with Crippen LogP contribution in [0.5, 0.6) is 0 Å². The standard InChI is InChI=1S/C17H17ClO2/c1-11(2)9-12-3-5-13(6-4-12)14-7-8-16(18)15(10-14)17(19)20/h3-8,10-11H,9H2,1-2H3,(H,19,20). The van der Waals surface area contributed by atoms with Crippen LogP contribution in [-0.2, 0) is 6.42 Å². The molecule has 104 valence electrons. The topological polar surface area (TPSA) is 37.3 Å². The predicted molar refractivity (Wildman–Crippen MR) is 82.4 cm³/mol. The number of carboxylic acid groups (broad SMARTS) is 1. The van der Waals surface area contributed by atoms with Crippen molar-refractivity contribution < 1.29 is 9.90 Å². The molecule has 0 radical (unpaired) electrons. The quantitative estimate of drug-likeness (QED) is 0.868. The van der Waals surface area contributed by atoms with Gasteiger partial charge in [0.2, 0.25) is 0 Å². The molecule has 0 heterocycles. The number of hydrogen-bond acceptors (Lipinski definition) is 1. The Hall–Kier alpha value is -1.80. The Morgan fingerprint density at radius 2 is 1.70 bits per heavy atom. The van der Waals surface area contributed by atoms with Crippen LogP contribution in [0.1, 0.15) is 29.8 Å². The van der Waals surface area contributed by atoms with Gasteiger partial charge in [0, 0.05) is 0 Å². The van der Waals surface area contributed by atoms with E-state index < -0.39 is 5.97 Å². The zero-order valence-electron chi connectivity index (χ0n) is 11.6. The van der Waals surface area contributed by atoms with Crippen molar-refractivity contribution in [3.05, 3.63) is 58.6 Å². The molecule has 0 bridgehead atoms. The summed E-state index contributed by atoms with van der Waals surface area (Å²) in [5.74, 6) is -0.386. The van der Waals surface area contributed by atoms with E-state index in [0.717, 1.165) is 17.5 Å². The predicted octanol–water partition coefficient (Wildman–Crippen LogP) is 4.90. The molecule has 0 fully saturated rings. The summed E-state index contributed by atoms with van der Waals surface area (Å²) in [6.45, 7) is 4.37. The van der Waals surface area contributed by atoms with Gasteiger partial charge in [-0.3, -0.25) is 0 Å². The fraction of sp³-hybridized carbons (Fsp3) is 0.235. The molecule has 0 atom stereocenters. The average molecular weight is 289 g/mol. The molecule has 0 aromatic heterocycles. The van der Waals surface area contributed by atoms with Gasteiger partial charge in [0.15, 0.2) is 0 Å². The Kier molecular flexibility index (Phi) is 4.46. The van der Waals surface area contributed by atoms with Crippen molar-refractivity contribution in [2.75, 3.05) is 0 Å². The van der Waals surface area contributed by atoms with E-state index in [1.165, 1.54) is 5.56 Å². The minimum atomic E-state index is -1.01. The van der Waals surface area contributed by atoms with Crippen LogP contribution in [0.15, 0.2) is 42.5 Å². The zero-order valence-corrected chi connectivity index (χ0v) is 12.3. The highest BCUT2D eigenvalue weighted by atomic mass is 35.5. The van der Waals surface area contributed by atoms with Crippen molar-refractivity contribution in [1.29, 1.82) is 0 Å². The number of aromatic carboxylic acids is 1. The largest absolute Gasteiger partial charge is 0.478 e. The molecule has 0 spiro atoms. The van der Waals surface area contributed by atoms with Gasteiger partial charge in [-0.1, -0.05) is 55.8 Å². The second kappa shape index (κ2) is 6.10. The van der Waals surface area contributed by atoms with Crippen LogP contribution >= 0.6 is 11.6 Å². The lowest BCUT2D eigenvalue weighted by Crippen LogP contribution is -1.98. The third-order valence-electron chi connectivity index (χ3n) is 3.13. The smallest absolute Gasteiger partial charge is 0.337 e. The molecule has 0 aliphatic rings. The summed E-state index contributed by atoms with van der Waals surface area (Å²) < 4.78 is 0. The van der Waals surface area contributed by atoms with Crippen molar-refractivity contribution >= 4 is 17.6 Å². The van der Waals surface area contributed by atoms with Crippen molar-refractivity contribution in [1.82, 2.24) is 0 Å². The molecular formula is C17H17ClO2. The number of carboxylic acids is 1. The molecule has 0 aliphatic heterocycles. The number of benzene rings is 2. The van der Waals surface area contributed by atoms with Gasteiger partial charge in [-0.05, 0) is 41.2 Å². The van der Waals surface area contributed by atoms with E-state index in [0.29, 0.717) is 5.92 Å². The number of halogens is 1. The van der Waals surface area contributed by atoms with E-state index in [4.69, 9.17) is 16.7 Å². The molecule has 1 N–H and O–H groups in total. The van der Waals surface area contributed by atoms with Gasteiger partial charge in [0.1, 0.15) is 0 Å². The minimum Gasteiger partial charge on any atom is -0.478 e. The second-order valence-corrected chi connectivity index (χ2v) is 5.70. The minimum absolute atomic E-state index is 0.135. The van der Waals surface area contributed by atoms with Crippen molar-refractivity contribution in [2.45, 2.75) is 20.3 Å². The van der Waals surface area contributed by atoms with Gasteiger partial charge in [-0.2, -0.15) is 0 Å². The molecule has 0 saturated carbocycles. The summed E-state index contributed by atoms with van der Waals surface area (Å²) >= 11 is 5.88. The van der Waals surface area contributed by atoms with E-state index in [9.17, 15) is 4.79 Å². The van der Waals surface area contributed by atoms with E-state index in [2.05, 4.69) is 26.0 Å². The van der Waals surface area contributed by atoms with Gasteiger partial charge in [-0.25, -0.2) is 4.79 Å². The Morgan fingerprint density at radius 1 is 1.10 bits per heavy atom. The highest BCUT2D eigenvalue weighted by Crippen LogP contribution is 2.26. The maximum atomic E-state index is 11.1. The SMILES string of the molecule is CC(C)Cc1ccc(-c2ccc(Cl)c(C(=O)O)c2)cc1. The zero-order chi connectivity index (χ0) is 14.7. The average Bonchev–Trinajstić information content (AvgIpc) is 2.39. The first-order valence-electron chi connectivity index (χ1n) is 6.59. The fourth-order valence-electron chi connectivity index (χ4n) is 2.17. The monoisotopic (exact) mass is 288 g/mol. The van der Waals surface area contributed by atoms with Crippen molar-refractivity contribution in [3.63, 3.8) is 0 Å². The second-order valence-electron chi connectivity index (χ2n) is 5.29. The van der Waals surface area contributed by atoms with Crippen LogP contribution in [0.25, 0.3) is 11.1 Å². The molecule has 0 unspecified atom stereocenters. The van der Waals surface area contributed by atoms with Crippen LogP contribution in [-0.4, -0.2) is 11.1 Å².